The second-order valence-corrected chi connectivity index (χ2v) is 6.26. The average Bonchev–Trinajstić information content (AvgIpc) is 3.37. The SMILES string of the molecule is CCCC(NC(=O)Cc1ccccc1)C(=O)NC(CN)C1CC1.Cl. The van der Waals surface area contributed by atoms with E-state index < -0.39 is 6.04 Å². The van der Waals surface area contributed by atoms with Crippen molar-refractivity contribution in [2.45, 2.75) is 51.1 Å². The lowest BCUT2D eigenvalue weighted by molar-refractivity contribution is -0.129. The second-order valence-electron chi connectivity index (χ2n) is 6.26. The van der Waals surface area contributed by atoms with Gasteiger partial charge in [0.1, 0.15) is 6.04 Å². The van der Waals surface area contributed by atoms with Crippen molar-refractivity contribution in [3.63, 3.8) is 0 Å². The minimum Gasteiger partial charge on any atom is -0.350 e. The molecule has 2 unspecified atom stereocenters. The van der Waals surface area contributed by atoms with Crippen LogP contribution in [0, 0.1) is 5.92 Å². The molecule has 1 aromatic rings. The van der Waals surface area contributed by atoms with E-state index in [1.807, 2.05) is 37.3 Å². The Morgan fingerprint density at radius 1 is 1.21 bits per heavy atom. The van der Waals surface area contributed by atoms with Crippen molar-refractivity contribution in [2.24, 2.45) is 11.7 Å². The van der Waals surface area contributed by atoms with Gasteiger partial charge in [0.2, 0.25) is 11.8 Å². The summed E-state index contributed by atoms with van der Waals surface area (Å²) in [5.74, 6) is 0.266. The van der Waals surface area contributed by atoms with Crippen LogP contribution in [0.25, 0.3) is 0 Å². The predicted molar refractivity (Wildman–Crippen MR) is 97.9 cm³/mol. The van der Waals surface area contributed by atoms with Gasteiger partial charge in [-0.25, -0.2) is 0 Å². The predicted octanol–water partition coefficient (Wildman–Crippen LogP) is 1.79. The summed E-state index contributed by atoms with van der Waals surface area (Å²) in [6, 6.07) is 9.09. The number of carbonyl (C=O) groups is 2. The maximum absolute atomic E-state index is 12.4. The molecule has 0 aliphatic heterocycles. The molecule has 1 saturated carbocycles. The molecule has 134 valence electrons. The fourth-order valence-electron chi connectivity index (χ4n) is 2.74. The van der Waals surface area contributed by atoms with Crippen molar-refractivity contribution in [3.05, 3.63) is 35.9 Å². The number of hydrogen-bond acceptors (Lipinski definition) is 3. The van der Waals surface area contributed by atoms with Crippen molar-refractivity contribution in [1.82, 2.24) is 10.6 Å². The van der Waals surface area contributed by atoms with E-state index in [-0.39, 0.29) is 36.7 Å². The lowest BCUT2D eigenvalue weighted by Gasteiger charge is -2.22. The fraction of sp³-hybridized carbons (Fsp3) is 0.556. The van der Waals surface area contributed by atoms with Crippen LogP contribution < -0.4 is 16.4 Å². The third-order valence-corrected chi connectivity index (χ3v) is 4.21. The zero-order valence-corrected chi connectivity index (χ0v) is 15.0. The molecule has 6 heteroatoms. The summed E-state index contributed by atoms with van der Waals surface area (Å²) in [4.78, 5) is 24.6. The quantitative estimate of drug-likeness (QED) is 0.632. The zero-order valence-electron chi connectivity index (χ0n) is 14.2. The van der Waals surface area contributed by atoms with E-state index >= 15 is 0 Å². The highest BCUT2D eigenvalue weighted by molar-refractivity contribution is 5.88. The summed E-state index contributed by atoms with van der Waals surface area (Å²) in [6.07, 6.45) is 4.01. The molecule has 2 amide bonds. The normalized spacial score (nSPS) is 15.8. The van der Waals surface area contributed by atoms with E-state index in [0.717, 1.165) is 24.8 Å². The van der Waals surface area contributed by atoms with Crippen molar-refractivity contribution in [2.75, 3.05) is 6.54 Å². The molecule has 2 rings (SSSR count). The molecule has 1 aromatic carbocycles. The first-order valence-electron chi connectivity index (χ1n) is 8.47. The summed E-state index contributed by atoms with van der Waals surface area (Å²) < 4.78 is 0. The van der Waals surface area contributed by atoms with Crippen LogP contribution in [-0.4, -0.2) is 30.4 Å². The van der Waals surface area contributed by atoms with Crippen molar-refractivity contribution < 1.29 is 9.59 Å². The highest BCUT2D eigenvalue weighted by Gasteiger charge is 2.32. The highest BCUT2D eigenvalue weighted by atomic mass is 35.5. The van der Waals surface area contributed by atoms with Gasteiger partial charge >= 0.3 is 0 Å². The Labute approximate surface area is 150 Å². The molecule has 4 N–H and O–H groups in total. The van der Waals surface area contributed by atoms with E-state index in [4.69, 9.17) is 5.73 Å². The number of halogens is 1. The van der Waals surface area contributed by atoms with Gasteiger partial charge in [-0.3, -0.25) is 9.59 Å². The van der Waals surface area contributed by atoms with Gasteiger partial charge in [0, 0.05) is 12.6 Å². The van der Waals surface area contributed by atoms with E-state index in [1.165, 1.54) is 0 Å². The topological polar surface area (TPSA) is 84.2 Å². The van der Waals surface area contributed by atoms with Crippen LogP contribution in [0.2, 0.25) is 0 Å². The Balaban J connectivity index is 0.00000288. The monoisotopic (exact) mass is 353 g/mol. The maximum Gasteiger partial charge on any atom is 0.242 e. The molecule has 1 aliphatic rings. The van der Waals surface area contributed by atoms with Gasteiger partial charge in [-0.15, -0.1) is 12.4 Å². The smallest absolute Gasteiger partial charge is 0.242 e. The number of nitrogens with two attached hydrogens (primary N) is 1. The van der Waals surface area contributed by atoms with Crippen molar-refractivity contribution in [1.29, 1.82) is 0 Å². The van der Waals surface area contributed by atoms with Gasteiger partial charge in [0.25, 0.3) is 0 Å². The number of benzene rings is 1. The molecule has 1 aliphatic carbocycles. The van der Waals surface area contributed by atoms with Gasteiger partial charge < -0.3 is 16.4 Å². The summed E-state index contributed by atoms with van der Waals surface area (Å²) >= 11 is 0. The molecule has 0 saturated heterocycles. The third kappa shape index (κ3) is 6.49. The minimum absolute atomic E-state index is 0. The summed E-state index contributed by atoms with van der Waals surface area (Å²) in [5, 5.41) is 5.87. The van der Waals surface area contributed by atoms with Crippen LogP contribution in [0.15, 0.2) is 30.3 Å². The highest BCUT2D eigenvalue weighted by Crippen LogP contribution is 2.32. The molecular weight excluding hydrogens is 326 g/mol. The fourth-order valence-corrected chi connectivity index (χ4v) is 2.74. The first-order valence-corrected chi connectivity index (χ1v) is 8.47. The van der Waals surface area contributed by atoms with Gasteiger partial charge in [0.15, 0.2) is 0 Å². The van der Waals surface area contributed by atoms with Crippen molar-refractivity contribution in [3.8, 4) is 0 Å². The van der Waals surface area contributed by atoms with Crippen LogP contribution in [0.4, 0.5) is 0 Å². The van der Waals surface area contributed by atoms with Crippen molar-refractivity contribution >= 4 is 24.2 Å². The summed E-state index contributed by atoms with van der Waals surface area (Å²) in [6.45, 7) is 2.46. The number of hydrogen-bond donors (Lipinski definition) is 3. The van der Waals surface area contributed by atoms with E-state index in [2.05, 4.69) is 10.6 Å². The third-order valence-electron chi connectivity index (χ3n) is 4.21. The minimum atomic E-state index is -0.482. The van der Waals surface area contributed by atoms with Gasteiger partial charge in [-0.1, -0.05) is 43.7 Å². The number of rotatable bonds is 9. The molecule has 0 spiro atoms. The molecule has 24 heavy (non-hydrogen) atoms. The standard InChI is InChI=1S/C18H27N3O2.ClH/c1-2-6-15(18(23)21-16(12-19)14-9-10-14)20-17(22)11-13-7-4-3-5-8-13;/h3-5,7-8,14-16H,2,6,9-12,19H2,1H3,(H,20,22)(H,21,23);1H. The molecule has 0 radical (unpaired) electrons. The Morgan fingerprint density at radius 3 is 2.42 bits per heavy atom. The lowest BCUT2D eigenvalue weighted by atomic mass is 10.1. The maximum atomic E-state index is 12.4. The molecule has 1 fully saturated rings. The Hall–Kier alpha value is -1.59. The van der Waals surface area contributed by atoms with Gasteiger partial charge in [-0.05, 0) is 30.7 Å². The number of nitrogens with one attached hydrogen (secondary N) is 2. The largest absolute Gasteiger partial charge is 0.350 e. The number of amides is 2. The van der Waals surface area contributed by atoms with E-state index in [9.17, 15) is 9.59 Å². The van der Waals surface area contributed by atoms with Crippen LogP contribution in [0.3, 0.4) is 0 Å². The van der Waals surface area contributed by atoms with Crippen LogP contribution in [-0.2, 0) is 16.0 Å². The Kier molecular flexibility index (Phi) is 8.79. The average molecular weight is 354 g/mol. The summed E-state index contributed by atoms with van der Waals surface area (Å²) in [7, 11) is 0. The first-order chi connectivity index (χ1) is 11.1. The van der Waals surface area contributed by atoms with E-state index in [1.54, 1.807) is 0 Å². The molecular formula is C18H28ClN3O2. The summed E-state index contributed by atoms with van der Waals surface area (Å²) in [5.41, 5.74) is 6.68. The lowest BCUT2D eigenvalue weighted by Crippen LogP contribution is -2.52. The first kappa shape index (κ1) is 20.5. The Morgan fingerprint density at radius 2 is 1.88 bits per heavy atom. The molecule has 0 heterocycles. The molecule has 0 bridgehead atoms. The van der Waals surface area contributed by atoms with E-state index in [0.29, 0.717) is 18.9 Å². The van der Waals surface area contributed by atoms with Crippen LogP contribution >= 0.6 is 12.4 Å². The van der Waals surface area contributed by atoms with Crippen LogP contribution in [0.1, 0.15) is 38.2 Å². The van der Waals surface area contributed by atoms with Gasteiger partial charge in [0.05, 0.1) is 6.42 Å². The van der Waals surface area contributed by atoms with Gasteiger partial charge in [-0.2, -0.15) is 0 Å². The molecule has 2 atom stereocenters. The molecule has 0 aromatic heterocycles. The zero-order chi connectivity index (χ0) is 16.7. The molecule has 5 nitrogen and oxygen atoms in total. The van der Waals surface area contributed by atoms with Crippen LogP contribution in [0.5, 0.6) is 0 Å². The second kappa shape index (κ2) is 10.3. The Bertz CT molecular complexity index is 520. The number of carbonyl (C=O) groups excluding carboxylic acids is 2.